The summed E-state index contributed by atoms with van der Waals surface area (Å²) in [6, 6.07) is 7.74. The Morgan fingerprint density at radius 1 is 1.19 bits per heavy atom. The summed E-state index contributed by atoms with van der Waals surface area (Å²) in [6.07, 6.45) is -0.453. The molecule has 1 aromatic carbocycles. The minimum absolute atomic E-state index is 0.0472. The third kappa shape index (κ3) is 4.12. The molecule has 0 saturated heterocycles. The standard InChI is InChI=1S/C18H23N3O4S/c1-11(2)21(12(3)4)16(22)10-26-18-20-19-17(25-18)15-9-23-13-7-5-6-8-14(13)24-15/h5-8,11-12,15H,9-10H2,1-4H3/t15-/m1/s1. The van der Waals surface area contributed by atoms with Gasteiger partial charge in [0.25, 0.3) is 11.1 Å². The first kappa shape index (κ1) is 18.6. The number of para-hydroxylation sites is 2. The van der Waals surface area contributed by atoms with Gasteiger partial charge in [0.2, 0.25) is 12.0 Å². The highest BCUT2D eigenvalue weighted by Crippen LogP contribution is 2.35. The summed E-state index contributed by atoms with van der Waals surface area (Å²) in [5.74, 6) is 2.00. The molecule has 26 heavy (non-hydrogen) atoms. The number of hydrogen-bond donors (Lipinski definition) is 0. The lowest BCUT2D eigenvalue weighted by atomic mass is 10.2. The topological polar surface area (TPSA) is 77.7 Å². The molecule has 0 saturated carbocycles. The van der Waals surface area contributed by atoms with Crippen molar-refractivity contribution in [2.24, 2.45) is 0 Å². The Morgan fingerprint density at radius 3 is 2.58 bits per heavy atom. The Kier molecular flexibility index (Phi) is 5.70. The van der Waals surface area contributed by atoms with E-state index in [9.17, 15) is 4.79 Å². The van der Waals surface area contributed by atoms with Gasteiger partial charge in [-0.2, -0.15) is 0 Å². The molecule has 0 fully saturated rings. The van der Waals surface area contributed by atoms with Crippen molar-refractivity contribution < 1.29 is 18.7 Å². The molecule has 1 aromatic heterocycles. The minimum Gasteiger partial charge on any atom is -0.485 e. The predicted octanol–water partition coefficient (Wildman–Crippen LogP) is 3.32. The fourth-order valence-corrected chi connectivity index (χ4v) is 3.56. The second-order valence-corrected chi connectivity index (χ2v) is 7.47. The summed E-state index contributed by atoms with van der Waals surface area (Å²) in [6.45, 7) is 8.32. The van der Waals surface area contributed by atoms with Crippen LogP contribution in [0.5, 0.6) is 11.5 Å². The van der Waals surface area contributed by atoms with Crippen LogP contribution in [-0.2, 0) is 4.79 Å². The van der Waals surface area contributed by atoms with Crippen LogP contribution < -0.4 is 9.47 Å². The van der Waals surface area contributed by atoms with Crippen molar-refractivity contribution >= 4 is 17.7 Å². The summed E-state index contributed by atoms with van der Waals surface area (Å²) >= 11 is 1.23. The summed E-state index contributed by atoms with van der Waals surface area (Å²) in [7, 11) is 0. The Bertz CT molecular complexity index is 754. The zero-order valence-electron chi connectivity index (χ0n) is 15.3. The summed E-state index contributed by atoms with van der Waals surface area (Å²) < 4.78 is 17.2. The van der Waals surface area contributed by atoms with Crippen LogP contribution in [0.25, 0.3) is 0 Å². The smallest absolute Gasteiger partial charge is 0.277 e. The lowest BCUT2D eigenvalue weighted by Crippen LogP contribution is -2.43. The van der Waals surface area contributed by atoms with Crippen molar-refractivity contribution in [2.45, 2.75) is 51.1 Å². The molecule has 0 radical (unpaired) electrons. The Balaban J connectivity index is 1.60. The highest BCUT2D eigenvalue weighted by Gasteiger charge is 2.28. The minimum atomic E-state index is -0.453. The molecule has 7 nitrogen and oxygen atoms in total. The summed E-state index contributed by atoms with van der Waals surface area (Å²) in [4.78, 5) is 14.3. The van der Waals surface area contributed by atoms with Crippen LogP contribution in [0.1, 0.15) is 39.7 Å². The quantitative estimate of drug-likeness (QED) is 0.715. The van der Waals surface area contributed by atoms with Crippen molar-refractivity contribution in [1.29, 1.82) is 0 Å². The number of benzene rings is 1. The SMILES string of the molecule is CC(C)N(C(=O)CSc1nnc([C@H]2COc3ccccc3O2)o1)C(C)C. The molecule has 140 valence electrons. The maximum absolute atomic E-state index is 12.4. The van der Waals surface area contributed by atoms with Gasteiger partial charge >= 0.3 is 0 Å². The van der Waals surface area contributed by atoms with Gasteiger partial charge in [-0.1, -0.05) is 23.9 Å². The molecule has 3 rings (SSSR count). The maximum atomic E-state index is 12.4. The number of amides is 1. The fourth-order valence-electron chi connectivity index (χ4n) is 2.92. The van der Waals surface area contributed by atoms with Gasteiger partial charge in [-0.3, -0.25) is 4.79 Å². The van der Waals surface area contributed by atoms with E-state index in [1.54, 1.807) is 0 Å². The first-order chi connectivity index (χ1) is 12.5. The normalized spacial score (nSPS) is 16.2. The number of carbonyl (C=O) groups is 1. The second kappa shape index (κ2) is 7.99. The molecule has 0 bridgehead atoms. The van der Waals surface area contributed by atoms with E-state index in [1.165, 1.54) is 11.8 Å². The lowest BCUT2D eigenvalue weighted by Gasteiger charge is -2.30. The molecule has 1 atom stereocenters. The third-order valence-electron chi connectivity index (χ3n) is 3.93. The molecule has 2 aromatic rings. The largest absolute Gasteiger partial charge is 0.485 e. The second-order valence-electron chi connectivity index (χ2n) is 6.55. The van der Waals surface area contributed by atoms with E-state index in [0.29, 0.717) is 29.2 Å². The zero-order chi connectivity index (χ0) is 18.7. The van der Waals surface area contributed by atoms with E-state index in [0.717, 1.165) is 0 Å². The van der Waals surface area contributed by atoms with Gasteiger partial charge in [-0.05, 0) is 39.8 Å². The van der Waals surface area contributed by atoms with Crippen LogP contribution in [0, 0.1) is 0 Å². The highest BCUT2D eigenvalue weighted by molar-refractivity contribution is 7.99. The highest BCUT2D eigenvalue weighted by atomic mass is 32.2. The van der Waals surface area contributed by atoms with E-state index in [2.05, 4.69) is 10.2 Å². The van der Waals surface area contributed by atoms with Crippen LogP contribution >= 0.6 is 11.8 Å². The molecule has 1 aliphatic rings. The van der Waals surface area contributed by atoms with Crippen molar-refractivity contribution in [2.75, 3.05) is 12.4 Å². The van der Waals surface area contributed by atoms with E-state index in [4.69, 9.17) is 13.9 Å². The van der Waals surface area contributed by atoms with Gasteiger partial charge in [0, 0.05) is 12.1 Å². The molecule has 1 amide bonds. The number of carbonyl (C=O) groups excluding carboxylic acids is 1. The van der Waals surface area contributed by atoms with Crippen LogP contribution in [-0.4, -0.2) is 45.4 Å². The first-order valence-corrected chi connectivity index (χ1v) is 9.60. The van der Waals surface area contributed by atoms with E-state index >= 15 is 0 Å². The number of aromatic nitrogens is 2. The van der Waals surface area contributed by atoms with Crippen molar-refractivity contribution in [3.05, 3.63) is 30.2 Å². The average Bonchev–Trinajstić information content (AvgIpc) is 3.08. The number of hydrogen-bond acceptors (Lipinski definition) is 7. The molecule has 0 unspecified atom stereocenters. The van der Waals surface area contributed by atoms with Crippen LogP contribution in [0.4, 0.5) is 0 Å². The Hall–Kier alpha value is -2.22. The van der Waals surface area contributed by atoms with E-state index in [1.807, 2.05) is 56.9 Å². The third-order valence-corrected chi connectivity index (χ3v) is 4.73. The maximum Gasteiger partial charge on any atom is 0.277 e. The lowest BCUT2D eigenvalue weighted by molar-refractivity contribution is -0.131. The van der Waals surface area contributed by atoms with Gasteiger partial charge < -0.3 is 18.8 Å². The predicted molar refractivity (Wildman–Crippen MR) is 97.4 cm³/mol. The molecule has 0 aliphatic carbocycles. The fraction of sp³-hybridized carbons (Fsp3) is 0.500. The van der Waals surface area contributed by atoms with Crippen molar-refractivity contribution in [3.8, 4) is 11.5 Å². The molecular formula is C18H23N3O4S. The van der Waals surface area contributed by atoms with Gasteiger partial charge in [0.05, 0.1) is 5.75 Å². The summed E-state index contributed by atoms with van der Waals surface area (Å²) in [5, 5.41) is 8.40. The van der Waals surface area contributed by atoms with Crippen LogP contribution in [0.2, 0.25) is 0 Å². The summed E-state index contributed by atoms with van der Waals surface area (Å²) in [5.41, 5.74) is 0. The molecule has 0 N–H and O–H groups in total. The van der Waals surface area contributed by atoms with Crippen molar-refractivity contribution in [3.63, 3.8) is 0 Å². The van der Waals surface area contributed by atoms with Gasteiger partial charge in [0.15, 0.2) is 11.5 Å². The number of fused-ring (bicyclic) bond motifs is 1. The zero-order valence-corrected chi connectivity index (χ0v) is 16.2. The number of rotatable bonds is 6. The number of thioether (sulfide) groups is 1. The molecular weight excluding hydrogens is 354 g/mol. The average molecular weight is 377 g/mol. The van der Waals surface area contributed by atoms with Gasteiger partial charge in [-0.15, -0.1) is 10.2 Å². The Morgan fingerprint density at radius 2 is 1.88 bits per heavy atom. The van der Waals surface area contributed by atoms with Gasteiger partial charge in [-0.25, -0.2) is 0 Å². The number of ether oxygens (including phenoxy) is 2. The van der Waals surface area contributed by atoms with Crippen LogP contribution in [0.3, 0.4) is 0 Å². The monoisotopic (exact) mass is 377 g/mol. The van der Waals surface area contributed by atoms with E-state index < -0.39 is 6.10 Å². The number of nitrogens with zero attached hydrogens (tertiary/aromatic N) is 3. The van der Waals surface area contributed by atoms with Crippen molar-refractivity contribution in [1.82, 2.24) is 15.1 Å². The molecule has 2 heterocycles. The molecule has 1 aliphatic heterocycles. The van der Waals surface area contributed by atoms with Gasteiger partial charge in [0.1, 0.15) is 6.61 Å². The molecule has 0 spiro atoms. The Labute approximate surface area is 157 Å². The van der Waals surface area contributed by atoms with E-state index in [-0.39, 0.29) is 23.7 Å². The first-order valence-electron chi connectivity index (χ1n) is 8.61. The molecule has 8 heteroatoms. The van der Waals surface area contributed by atoms with Crippen LogP contribution in [0.15, 0.2) is 33.9 Å².